The van der Waals surface area contributed by atoms with Gasteiger partial charge in [-0.1, -0.05) is 42.5 Å². The Hall–Kier alpha value is -4.04. The van der Waals surface area contributed by atoms with Crippen LogP contribution in [0.4, 0.5) is 5.82 Å². The van der Waals surface area contributed by atoms with Gasteiger partial charge in [-0.15, -0.1) is 11.3 Å². The van der Waals surface area contributed by atoms with E-state index in [4.69, 9.17) is 5.73 Å². The van der Waals surface area contributed by atoms with Gasteiger partial charge in [0.25, 0.3) is 17.4 Å². The van der Waals surface area contributed by atoms with Gasteiger partial charge in [0.15, 0.2) is 0 Å². The van der Waals surface area contributed by atoms with E-state index in [1.165, 1.54) is 4.57 Å². The molecule has 8 heteroatoms. The summed E-state index contributed by atoms with van der Waals surface area (Å²) >= 11 is 1.55. The molecule has 30 heavy (non-hydrogen) atoms. The summed E-state index contributed by atoms with van der Waals surface area (Å²) < 4.78 is 1.22. The summed E-state index contributed by atoms with van der Waals surface area (Å²) in [4.78, 5) is 41.0. The van der Waals surface area contributed by atoms with Crippen LogP contribution >= 0.6 is 11.3 Å². The highest BCUT2D eigenvalue weighted by atomic mass is 32.1. The molecule has 0 radical (unpaired) electrons. The largest absolute Gasteiger partial charge is 0.384 e. The zero-order valence-corrected chi connectivity index (χ0v) is 16.3. The Labute approximate surface area is 174 Å². The number of carbonyl (C=O) groups is 2. The van der Waals surface area contributed by atoms with Crippen molar-refractivity contribution in [3.05, 3.63) is 87.5 Å². The van der Waals surface area contributed by atoms with Crippen molar-refractivity contribution in [2.45, 2.75) is 0 Å². The summed E-state index contributed by atoms with van der Waals surface area (Å²) in [6.07, 6.45) is 0. The van der Waals surface area contributed by atoms with Gasteiger partial charge in [-0.25, -0.2) is 4.98 Å². The number of rotatable bonds is 3. The minimum atomic E-state index is -0.612. The molecule has 1 aliphatic rings. The molecule has 0 aliphatic carbocycles. The van der Waals surface area contributed by atoms with E-state index in [1.807, 2.05) is 47.8 Å². The van der Waals surface area contributed by atoms with E-state index >= 15 is 0 Å². The lowest BCUT2D eigenvalue weighted by atomic mass is 10.1. The number of thiazole rings is 1. The van der Waals surface area contributed by atoms with Crippen LogP contribution in [-0.2, 0) is 0 Å². The molecule has 0 atom stereocenters. The molecular formula is C22H14N4O3S. The van der Waals surface area contributed by atoms with Crippen molar-refractivity contribution in [3.8, 4) is 27.5 Å². The van der Waals surface area contributed by atoms with Gasteiger partial charge in [0.05, 0.1) is 22.5 Å². The van der Waals surface area contributed by atoms with Gasteiger partial charge in [-0.3, -0.25) is 24.3 Å². The van der Waals surface area contributed by atoms with Crippen LogP contribution in [0, 0.1) is 0 Å². The minimum Gasteiger partial charge on any atom is -0.384 e. The standard InChI is InChI=1S/C22H14N4O3S/c23-19-18-15(20(28)25-21(18)29)10-17(27)26(19)14-8-6-12(7-9-14)16-11-30-22(24-16)13-4-2-1-3-5-13/h1-11H,23H2,(H,25,28,29). The van der Waals surface area contributed by atoms with Gasteiger partial charge in [0, 0.05) is 22.6 Å². The first-order valence-electron chi connectivity index (χ1n) is 9.06. The number of pyridine rings is 1. The predicted molar refractivity (Wildman–Crippen MR) is 115 cm³/mol. The third-order valence-electron chi connectivity index (χ3n) is 4.90. The van der Waals surface area contributed by atoms with Crippen LogP contribution in [0.15, 0.2) is 70.8 Å². The maximum Gasteiger partial charge on any atom is 0.262 e. The number of nitrogens with zero attached hydrogens (tertiary/aromatic N) is 2. The molecule has 0 spiro atoms. The number of anilines is 1. The van der Waals surface area contributed by atoms with Crippen LogP contribution in [0.5, 0.6) is 0 Å². The number of nitrogens with two attached hydrogens (primary N) is 1. The van der Waals surface area contributed by atoms with Crippen molar-refractivity contribution >= 4 is 29.0 Å². The molecule has 5 rings (SSSR count). The van der Waals surface area contributed by atoms with E-state index in [0.717, 1.165) is 27.9 Å². The number of imide groups is 1. The second-order valence-electron chi connectivity index (χ2n) is 6.73. The van der Waals surface area contributed by atoms with E-state index in [9.17, 15) is 14.4 Å². The van der Waals surface area contributed by atoms with Crippen LogP contribution in [0.2, 0.25) is 0 Å². The molecule has 3 N–H and O–H groups in total. The van der Waals surface area contributed by atoms with Gasteiger partial charge in [0.2, 0.25) is 0 Å². The summed E-state index contributed by atoms with van der Waals surface area (Å²) in [6.45, 7) is 0. The molecule has 4 aromatic rings. The number of amides is 2. The van der Waals surface area contributed by atoms with Crippen LogP contribution in [0.3, 0.4) is 0 Å². The van der Waals surface area contributed by atoms with Gasteiger partial charge < -0.3 is 5.73 Å². The Morgan fingerprint density at radius 2 is 1.63 bits per heavy atom. The van der Waals surface area contributed by atoms with Crippen molar-refractivity contribution in [1.29, 1.82) is 0 Å². The number of aromatic nitrogens is 2. The van der Waals surface area contributed by atoms with E-state index < -0.39 is 17.4 Å². The van der Waals surface area contributed by atoms with Crippen LogP contribution in [0.25, 0.3) is 27.5 Å². The summed E-state index contributed by atoms with van der Waals surface area (Å²) in [5.74, 6) is -1.28. The van der Waals surface area contributed by atoms with Crippen molar-refractivity contribution < 1.29 is 9.59 Å². The molecule has 7 nitrogen and oxygen atoms in total. The Bertz CT molecular complexity index is 1370. The molecule has 3 heterocycles. The fourth-order valence-corrected chi connectivity index (χ4v) is 4.28. The average Bonchev–Trinajstić information content (AvgIpc) is 3.34. The quantitative estimate of drug-likeness (QED) is 0.501. The fourth-order valence-electron chi connectivity index (χ4n) is 3.45. The van der Waals surface area contributed by atoms with Gasteiger partial charge >= 0.3 is 0 Å². The predicted octanol–water partition coefficient (Wildman–Crippen LogP) is 3.09. The number of nitrogen functional groups attached to an aromatic ring is 1. The molecule has 146 valence electrons. The van der Waals surface area contributed by atoms with Crippen LogP contribution < -0.4 is 16.6 Å². The van der Waals surface area contributed by atoms with E-state index in [-0.39, 0.29) is 16.9 Å². The van der Waals surface area contributed by atoms with Crippen molar-refractivity contribution in [1.82, 2.24) is 14.9 Å². The van der Waals surface area contributed by atoms with Crippen LogP contribution in [0.1, 0.15) is 20.7 Å². The molecule has 0 saturated heterocycles. The second-order valence-corrected chi connectivity index (χ2v) is 7.58. The molecule has 0 unspecified atom stereocenters. The Morgan fingerprint density at radius 1 is 0.900 bits per heavy atom. The monoisotopic (exact) mass is 414 g/mol. The van der Waals surface area contributed by atoms with Crippen molar-refractivity contribution in [2.24, 2.45) is 0 Å². The maximum atomic E-state index is 12.5. The SMILES string of the molecule is Nc1c2c(cc(=O)n1-c1ccc(-c3csc(-c4ccccc4)n3)cc1)C(=O)NC2=O. The van der Waals surface area contributed by atoms with Crippen LogP contribution in [-0.4, -0.2) is 21.4 Å². The Balaban J connectivity index is 1.52. The molecular weight excluding hydrogens is 400 g/mol. The maximum absolute atomic E-state index is 12.5. The number of hydrogen-bond acceptors (Lipinski definition) is 6. The van der Waals surface area contributed by atoms with Crippen molar-refractivity contribution in [2.75, 3.05) is 5.73 Å². The van der Waals surface area contributed by atoms with E-state index in [1.54, 1.807) is 23.5 Å². The lowest BCUT2D eigenvalue weighted by Gasteiger charge is -2.12. The summed E-state index contributed by atoms with van der Waals surface area (Å²) in [5.41, 5.74) is 8.88. The highest BCUT2D eigenvalue weighted by Gasteiger charge is 2.31. The van der Waals surface area contributed by atoms with Gasteiger partial charge in [0.1, 0.15) is 10.8 Å². The second kappa shape index (κ2) is 6.78. The molecule has 2 aromatic carbocycles. The first-order chi connectivity index (χ1) is 14.5. The summed E-state index contributed by atoms with van der Waals surface area (Å²) in [6, 6.07) is 18.2. The zero-order chi connectivity index (χ0) is 20.8. The normalized spacial score (nSPS) is 12.7. The Kier molecular flexibility index (Phi) is 4.07. The number of carbonyl (C=O) groups excluding carboxylic acids is 2. The molecule has 0 fully saturated rings. The first-order valence-corrected chi connectivity index (χ1v) is 9.94. The highest BCUT2D eigenvalue weighted by molar-refractivity contribution is 7.13. The highest BCUT2D eigenvalue weighted by Crippen LogP contribution is 2.29. The number of nitrogens with one attached hydrogen (secondary N) is 1. The van der Waals surface area contributed by atoms with E-state index in [2.05, 4.69) is 10.3 Å². The average molecular weight is 414 g/mol. The lowest BCUT2D eigenvalue weighted by Crippen LogP contribution is -2.24. The topological polar surface area (TPSA) is 107 Å². The number of fused-ring (bicyclic) bond motifs is 1. The van der Waals surface area contributed by atoms with E-state index in [0.29, 0.717) is 5.69 Å². The minimum absolute atomic E-state index is 0.00582. The number of hydrogen-bond donors (Lipinski definition) is 2. The fraction of sp³-hybridized carbons (Fsp3) is 0. The first kappa shape index (κ1) is 18.0. The summed E-state index contributed by atoms with van der Waals surface area (Å²) in [5, 5.41) is 5.05. The van der Waals surface area contributed by atoms with Crippen molar-refractivity contribution in [3.63, 3.8) is 0 Å². The molecule has 0 saturated carbocycles. The van der Waals surface area contributed by atoms with Gasteiger partial charge in [-0.2, -0.15) is 0 Å². The third-order valence-corrected chi connectivity index (χ3v) is 5.79. The number of benzene rings is 2. The Morgan fingerprint density at radius 3 is 2.37 bits per heavy atom. The zero-order valence-electron chi connectivity index (χ0n) is 15.5. The molecule has 1 aliphatic heterocycles. The molecule has 2 aromatic heterocycles. The summed E-state index contributed by atoms with van der Waals surface area (Å²) in [7, 11) is 0. The van der Waals surface area contributed by atoms with Gasteiger partial charge in [-0.05, 0) is 12.1 Å². The molecule has 2 amide bonds. The molecule has 0 bridgehead atoms. The lowest BCUT2D eigenvalue weighted by molar-refractivity contribution is 0.0880. The third kappa shape index (κ3) is 2.82. The smallest absolute Gasteiger partial charge is 0.262 e.